The van der Waals surface area contributed by atoms with Crippen molar-refractivity contribution in [2.45, 2.75) is 25.3 Å². The highest BCUT2D eigenvalue weighted by atomic mass is 32.2. The van der Waals surface area contributed by atoms with Gasteiger partial charge in [-0.1, -0.05) is 0 Å². The predicted octanol–water partition coefficient (Wildman–Crippen LogP) is 0.190. The summed E-state index contributed by atoms with van der Waals surface area (Å²) >= 11 is 0. The van der Waals surface area contributed by atoms with E-state index < -0.39 is 9.84 Å². The molecule has 0 bridgehead atoms. The van der Waals surface area contributed by atoms with Crippen molar-refractivity contribution in [3.8, 4) is 0 Å². The maximum Gasteiger partial charge on any atom is 0.151 e. The van der Waals surface area contributed by atoms with Crippen molar-refractivity contribution in [1.82, 2.24) is 5.32 Å². The van der Waals surface area contributed by atoms with E-state index in [2.05, 4.69) is 5.32 Å². The molecule has 2 heterocycles. The maximum absolute atomic E-state index is 11.4. The van der Waals surface area contributed by atoms with E-state index in [-0.39, 0.29) is 6.04 Å². The molecular weight excluding hydrogens is 214 g/mol. The standard InChI is InChI=1S/C10H19NO3S/c12-15(13)5-1-2-10(8-15)11-6-9-3-4-14-7-9/h9-11H,1-8H2. The first kappa shape index (κ1) is 11.4. The van der Waals surface area contributed by atoms with Gasteiger partial charge in [-0.3, -0.25) is 0 Å². The lowest BCUT2D eigenvalue weighted by Gasteiger charge is -2.24. The fourth-order valence-electron chi connectivity index (χ4n) is 2.26. The van der Waals surface area contributed by atoms with Gasteiger partial charge in [-0.15, -0.1) is 0 Å². The third-order valence-corrected chi connectivity index (χ3v) is 5.00. The zero-order valence-corrected chi connectivity index (χ0v) is 9.76. The molecule has 88 valence electrons. The SMILES string of the molecule is O=S1(=O)CCCC(NCC2CCOC2)C1. The van der Waals surface area contributed by atoms with Crippen molar-refractivity contribution in [1.29, 1.82) is 0 Å². The summed E-state index contributed by atoms with van der Waals surface area (Å²) in [7, 11) is -2.77. The highest BCUT2D eigenvalue weighted by molar-refractivity contribution is 7.91. The molecule has 0 aromatic carbocycles. The molecule has 4 nitrogen and oxygen atoms in total. The molecule has 0 amide bonds. The molecule has 0 aromatic rings. The van der Waals surface area contributed by atoms with Crippen LogP contribution < -0.4 is 5.32 Å². The number of hydrogen-bond donors (Lipinski definition) is 1. The average molecular weight is 233 g/mol. The first-order valence-electron chi connectivity index (χ1n) is 5.67. The van der Waals surface area contributed by atoms with E-state index in [1.54, 1.807) is 0 Å². The van der Waals surface area contributed by atoms with E-state index in [9.17, 15) is 8.42 Å². The van der Waals surface area contributed by atoms with Crippen LogP contribution in [-0.2, 0) is 14.6 Å². The van der Waals surface area contributed by atoms with Crippen LogP contribution in [0, 0.1) is 5.92 Å². The molecule has 2 fully saturated rings. The Morgan fingerprint density at radius 3 is 2.87 bits per heavy atom. The Hall–Kier alpha value is -0.130. The minimum Gasteiger partial charge on any atom is -0.381 e. The highest BCUT2D eigenvalue weighted by Gasteiger charge is 2.25. The van der Waals surface area contributed by atoms with Crippen LogP contribution in [0.3, 0.4) is 0 Å². The topological polar surface area (TPSA) is 55.4 Å². The van der Waals surface area contributed by atoms with Crippen LogP contribution in [0.4, 0.5) is 0 Å². The number of hydrogen-bond acceptors (Lipinski definition) is 4. The van der Waals surface area contributed by atoms with Crippen molar-refractivity contribution >= 4 is 9.84 Å². The van der Waals surface area contributed by atoms with Crippen LogP contribution in [0.1, 0.15) is 19.3 Å². The molecule has 2 rings (SSSR count). The molecule has 0 aromatic heterocycles. The Labute approximate surface area is 91.3 Å². The first-order valence-corrected chi connectivity index (χ1v) is 7.49. The fourth-order valence-corrected chi connectivity index (χ4v) is 3.93. The first-order chi connectivity index (χ1) is 7.16. The molecule has 0 aliphatic carbocycles. The van der Waals surface area contributed by atoms with Crippen molar-refractivity contribution in [3.05, 3.63) is 0 Å². The smallest absolute Gasteiger partial charge is 0.151 e. The monoisotopic (exact) mass is 233 g/mol. The Balaban J connectivity index is 1.74. The van der Waals surface area contributed by atoms with Gasteiger partial charge < -0.3 is 10.1 Å². The largest absolute Gasteiger partial charge is 0.381 e. The molecule has 2 aliphatic heterocycles. The van der Waals surface area contributed by atoms with Crippen LogP contribution in [0.15, 0.2) is 0 Å². The third kappa shape index (κ3) is 3.43. The number of ether oxygens (including phenoxy) is 1. The summed E-state index contributed by atoms with van der Waals surface area (Å²) in [5.41, 5.74) is 0. The van der Waals surface area contributed by atoms with Gasteiger partial charge in [-0.2, -0.15) is 0 Å². The Kier molecular flexibility index (Phi) is 3.64. The maximum atomic E-state index is 11.4. The van der Waals surface area contributed by atoms with Crippen LogP contribution in [0.5, 0.6) is 0 Å². The number of sulfone groups is 1. The van der Waals surface area contributed by atoms with Gasteiger partial charge in [0.2, 0.25) is 0 Å². The van der Waals surface area contributed by atoms with Crippen LogP contribution in [0.2, 0.25) is 0 Å². The van der Waals surface area contributed by atoms with Gasteiger partial charge in [-0.05, 0) is 25.2 Å². The average Bonchev–Trinajstić information content (AvgIpc) is 2.65. The second-order valence-corrected chi connectivity index (χ2v) is 6.82. The van der Waals surface area contributed by atoms with E-state index in [1.165, 1.54) is 0 Å². The lowest BCUT2D eigenvalue weighted by molar-refractivity contribution is 0.184. The second-order valence-electron chi connectivity index (χ2n) is 4.59. The van der Waals surface area contributed by atoms with Crippen molar-refractivity contribution in [3.63, 3.8) is 0 Å². The van der Waals surface area contributed by atoms with Crippen LogP contribution in [-0.4, -0.2) is 45.7 Å². The summed E-state index contributed by atoms with van der Waals surface area (Å²) in [4.78, 5) is 0. The van der Waals surface area contributed by atoms with E-state index in [1.807, 2.05) is 0 Å². The van der Waals surface area contributed by atoms with Gasteiger partial charge in [-0.25, -0.2) is 8.42 Å². The Morgan fingerprint density at radius 2 is 2.20 bits per heavy atom. The molecule has 1 N–H and O–H groups in total. The van der Waals surface area contributed by atoms with Crippen LogP contribution >= 0.6 is 0 Å². The number of rotatable bonds is 3. The normalized spacial score (nSPS) is 35.5. The molecule has 5 heteroatoms. The minimum atomic E-state index is -2.77. The second kappa shape index (κ2) is 4.80. The zero-order valence-electron chi connectivity index (χ0n) is 8.94. The van der Waals surface area contributed by atoms with Gasteiger partial charge in [0.1, 0.15) is 0 Å². The summed E-state index contributed by atoms with van der Waals surface area (Å²) in [5.74, 6) is 1.27. The van der Waals surface area contributed by atoms with Gasteiger partial charge in [0.25, 0.3) is 0 Å². The zero-order chi connectivity index (χ0) is 10.7. The fraction of sp³-hybridized carbons (Fsp3) is 1.00. The van der Waals surface area contributed by atoms with E-state index >= 15 is 0 Å². The van der Waals surface area contributed by atoms with Crippen molar-refractivity contribution < 1.29 is 13.2 Å². The number of nitrogens with one attached hydrogen (secondary N) is 1. The summed E-state index contributed by atoms with van der Waals surface area (Å²) in [6.45, 7) is 2.59. The van der Waals surface area contributed by atoms with Gasteiger partial charge in [0, 0.05) is 19.2 Å². The molecule has 0 spiro atoms. The van der Waals surface area contributed by atoms with Crippen molar-refractivity contribution in [2.75, 3.05) is 31.3 Å². The summed E-state index contributed by atoms with van der Waals surface area (Å²) < 4.78 is 28.1. The van der Waals surface area contributed by atoms with E-state index in [4.69, 9.17) is 4.74 Å². The van der Waals surface area contributed by atoms with Gasteiger partial charge in [0.15, 0.2) is 9.84 Å². The molecule has 0 saturated carbocycles. The molecule has 15 heavy (non-hydrogen) atoms. The molecular formula is C10H19NO3S. The predicted molar refractivity (Wildman–Crippen MR) is 58.6 cm³/mol. The van der Waals surface area contributed by atoms with E-state index in [0.29, 0.717) is 17.4 Å². The van der Waals surface area contributed by atoms with Crippen molar-refractivity contribution in [2.24, 2.45) is 5.92 Å². The quantitative estimate of drug-likeness (QED) is 0.756. The summed E-state index contributed by atoms with van der Waals surface area (Å²) in [5, 5.41) is 3.36. The molecule has 0 radical (unpaired) electrons. The van der Waals surface area contributed by atoms with E-state index in [0.717, 1.165) is 39.0 Å². The lowest BCUT2D eigenvalue weighted by Crippen LogP contribution is -2.42. The summed E-state index contributed by atoms with van der Waals surface area (Å²) in [6.07, 6.45) is 2.90. The third-order valence-electron chi connectivity index (χ3n) is 3.18. The molecule has 2 unspecified atom stereocenters. The minimum absolute atomic E-state index is 0.171. The van der Waals surface area contributed by atoms with Gasteiger partial charge in [0.05, 0.1) is 18.1 Å². The van der Waals surface area contributed by atoms with Crippen LogP contribution in [0.25, 0.3) is 0 Å². The highest BCUT2D eigenvalue weighted by Crippen LogP contribution is 2.14. The molecule has 2 aliphatic rings. The Morgan fingerprint density at radius 1 is 1.33 bits per heavy atom. The molecule has 2 atom stereocenters. The van der Waals surface area contributed by atoms with Gasteiger partial charge >= 0.3 is 0 Å². The lowest BCUT2D eigenvalue weighted by atomic mass is 10.1. The molecule has 2 saturated heterocycles. The summed E-state index contributed by atoms with van der Waals surface area (Å²) in [6, 6.07) is 0.171. The Bertz CT molecular complexity index is 296.